The van der Waals surface area contributed by atoms with Crippen LogP contribution in [0.3, 0.4) is 0 Å². The SMILES string of the molecule is Cc1cc(Cl)c(Cl)cc1C(N)=O. The van der Waals surface area contributed by atoms with Gasteiger partial charge in [0.2, 0.25) is 5.91 Å². The molecule has 1 rings (SSSR count). The minimum absolute atomic E-state index is 0.344. The molecule has 4 heteroatoms. The van der Waals surface area contributed by atoms with Crippen LogP contribution in [0.2, 0.25) is 10.0 Å². The lowest BCUT2D eigenvalue weighted by Gasteiger charge is -2.03. The van der Waals surface area contributed by atoms with E-state index in [0.717, 1.165) is 5.56 Å². The predicted octanol–water partition coefficient (Wildman–Crippen LogP) is 2.40. The molecule has 0 unspecified atom stereocenters. The Balaban J connectivity index is 3.33. The Morgan fingerprint density at radius 3 is 2.33 bits per heavy atom. The number of primary amides is 1. The normalized spacial score (nSPS) is 9.92. The van der Waals surface area contributed by atoms with Crippen molar-refractivity contribution in [2.24, 2.45) is 5.73 Å². The lowest BCUT2D eigenvalue weighted by molar-refractivity contribution is 0.1000. The first-order valence-electron chi connectivity index (χ1n) is 3.28. The van der Waals surface area contributed by atoms with E-state index in [9.17, 15) is 4.79 Å². The number of hydrogen-bond donors (Lipinski definition) is 1. The van der Waals surface area contributed by atoms with Gasteiger partial charge in [0.05, 0.1) is 10.0 Å². The van der Waals surface area contributed by atoms with Gasteiger partial charge in [0.1, 0.15) is 0 Å². The molecule has 0 aliphatic carbocycles. The summed E-state index contributed by atoms with van der Waals surface area (Å²) in [7, 11) is 0. The Morgan fingerprint density at radius 2 is 1.83 bits per heavy atom. The van der Waals surface area contributed by atoms with E-state index in [-0.39, 0.29) is 0 Å². The summed E-state index contributed by atoms with van der Waals surface area (Å²) in [5.74, 6) is -0.494. The summed E-state index contributed by atoms with van der Waals surface area (Å²) in [5, 5.41) is 0.773. The highest BCUT2D eigenvalue weighted by Crippen LogP contribution is 2.25. The summed E-state index contributed by atoms with van der Waals surface area (Å²) in [4.78, 5) is 10.8. The van der Waals surface area contributed by atoms with Crippen LogP contribution >= 0.6 is 23.2 Å². The van der Waals surface area contributed by atoms with Crippen molar-refractivity contribution in [1.82, 2.24) is 0 Å². The zero-order chi connectivity index (χ0) is 9.30. The number of amides is 1. The molecule has 1 amide bonds. The molecule has 1 aromatic carbocycles. The summed E-state index contributed by atoms with van der Waals surface area (Å²) in [5.41, 5.74) is 6.23. The van der Waals surface area contributed by atoms with E-state index in [0.29, 0.717) is 15.6 Å². The number of carbonyl (C=O) groups is 1. The molecule has 0 saturated carbocycles. The van der Waals surface area contributed by atoms with Gasteiger partial charge in [-0.25, -0.2) is 0 Å². The number of carbonyl (C=O) groups excluding carboxylic acids is 1. The summed E-state index contributed by atoms with van der Waals surface area (Å²) in [6.07, 6.45) is 0. The summed E-state index contributed by atoms with van der Waals surface area (Å²) < 4.78 is 0. The lowest BCUT2D eigenvalue weighted by atomic mass is 10.1. The minimum atomic E-state index is -0.494. The van der Waals surface area contributed by atoms with Crippen molar-refractivity contribution >= 4 is 29.1 Å². The number of nitrogens with two attached hydrogens (primary N) is 1. The van der Waals surface area contributed by atoms with Gasteiger partial charge in [-0.3, -0.25) is 4.79 Å². The van der Waals surface area contributed by atoms with E-state index in [4.69, 9.17) is 28.9 Å². The second kappa shape index (κ2) is 3.33. The molecule has 1 aromatic rings. The third-order valence-electron chi connectivity index (χ3n) is 1.53. The van der Waals surface area contributed by atoms with Gasteiger partial charge in [-0.2, -0.15) is 0 Å². The van der Waals surface area contributed by atoms with Crippen LogP contribution in [0.4, 0.5) is 0 Å². The van der Waals surface area contributed by atoms with Gasteiger partial charge in [0.15, 0.2) is 0 Å². The Kier molecular flexibility index (Phi) is 2.60. The van der Waals surface area contributed by atoms with E-state index in [1.807, 2.05) is 0 Å². The molecule has 0 heterocycles. The van der Waals surface area contributed by atoms with Gasteiger partial charge in [-0.1, -0.05) is 23.2 Å². The standard InChI is InChI=1S/C8H7Cl2NO/c1-4-2-6(9)7(10)3-5(4)8(11)12/h2-3H,1H3,(H2,11,12). The first kappa shape index (κ1) is 9.36. The summed E-state index contributed by atoms with van der Waals surface area (Å²) in [6, 6.07) is 3.09. The molecular weight excluding hydrogens is 197 g/mol. The van der Waals surface area contributed by atoms with Crippen molar-refractivity contribution in [1.29, 1.82) is 0 Å². The summed E-state index contributed by atoms with van der Waals surface area (Å²) >= 11 is 11.4. The van der Waals surface area contributed by atoms with E-state index >= 15 is 0 Å². The maximum absolute atomic E-state index is 10.8. The number of aryl methyl sites for hydroxylation is 1. The molecule has 0 bridgehead atoms. The third kappa shape index (κ3) is 1.71. The second-order valence-electron chi connectivity index (χ2n) is 2.45. The zero-order valence-corrected chi connectivity index (χ0v) is 7.91. The first-order chi connectivity index (χ1) is 5.52. The van der Waals surface area contributed by atoms with Gasteiger partial charge >= 0.3 is 0 Å². The number of hydrogen-bond acceptors (Lipinski definition) is 1. The molecule has 0 aliphatic rings. The van der Waals surface area contributed by atoms with Gasteiger partial charge in [-0.15, -0.1) is 0 Å². The third-order valence-corrected chi connectivity index (χ3v) is 2.25. The smallest absolute Gasteiger partial charge is 0.249 e. The number of rotatable bonds is 1. The van der Waals surface area contributed by atoms with Crippen LogP contribution in [-0.4, -0.2) is 5.91 Å². The average Bonchev–Trinajstić information content (AvgIpc) is 1.96. The molecular formula is C8H7Cl2NO. The molecule has 0 radical (unpaired) electrons. The van der Waals surface area contributed by atoms with Crippen LogP contribution in [-0.2, 0) is 0 Å². The van der Waals surface area contributed by atoms with E-state index in [1.165, 1.54) is 6.07 Å². The molecule has 64 valence electrons. The highest BCUT2D eigenvalue weighted by Gasteiger charge is 2.07. The average molecular weight is 204 g/mol. The molecule has 0 aliphatic heterocycles. The van der Waals surface area contributed by atoms with Gasteiger partial charge in [0.25, 0.3) is 0 Å². The molecule has 0 spiro atoms. The first-order valence-corrected chi connectivity index (χ1v) is 4.03. The molecule has 0 atom stereocenters. The van der Waals surface area contributed by atoms with Crippen LogP contribution in [0.1, 0.15) is 15.9 Å². The molecule has 2 N–H and O–H groups in total. The van der Waals surface area contributed by atoms with Gasteiger partial charge in [0, 0.05) is 5.56 Å². The van der Waals surface area contributed by atoms with Crippen molar-refractivity contribution in [2.75, 3.05) is 0 Å². The Labute approximate surface area is 80.3 Å². The lowest BCUT2D eigenvalue weighted by Crippen LogP contribution is -2.12. The fourth-order valence-electron chi connectivity index (χ4n) is 0.912. The van der Waals surface area contributed by atoms with Gasteiger partial charge in [-0.05, 0) is 24.6 Å². The van der Waals surface area contributed by atoms with E-state index in [1.54, 1.807) is 13.0 Å². The maximum atomic E-state index is 10.8. The highest BCUT2D eigenvalue weighted by atomic mass is 35.5. The molecule has 0 aromatic heterocycles. The maximum Gasteiger partial charge on any atom is 0.249 e. The monoisotopic (exact) mass is 203 g/mol. The number of halogens is 2. The van der Waals surface area contributed by atoms with E-state index in [2.05, 4.69) is 0 Å². The van der Waals surface area contributed by atoms with Crippen LogP contribution in [0.25, 0.3) is 0 Å². The molecule has 12 heavy (non-hydrogen) atoms. The Bertz CT molecular complexity index is 336. The zero-order valence-electron chi connectivity index (χ0n) is 6.40. The molecule has 0 fully saturated rings. The van der Waals surface area contributed by atoms with Crippen molar-refractivity contribution in [3.05, 3.63) is 33.3 Å². The van der Waals surface area contributed by atoms with Crippen molar-refractivity contribution in [2.45, 2.75) is 6.92 Å². The Morgan fingerprint density at radius 1 is 1.33 bits per heavy atom. The fraction of sp³-hybridized carbons (Fsp3) is 0.125. The van der Waals surface area contributed by atoms with Crippen LogP contribution in [0.5, 0.6) is 0 Å². The van der Waals surface area contributed by atoms with Crippen LogP contribution in [0.15, 0.2) is 12.1 Å². The predicted molar refractivity (Wildman–Crippen MR) is 49.7 cm³/mol. The molecule has 0 saturated heterocycles. The highest BCUT2D eigenvalue weighted by molar-refractivity contribution is 6.42. The van der Waals surface area contributed by atoms with Crippen LogP contribution in [0, 0.1) is 6.92 Å². The minimum Gasteiger partial charge on any atom is -0.366 e. The van der Waals surface area contributed by atoms with Crippen molar-refractivity contribution < 1.29 is 4.79 Å². The van der Waals surface area contributed by atoms with E-state index < -0.39 is 5.91 Å². The largest absolute Gasteiger partial charge is 0.366 e. The second-order valence-corrected chi connectivity index (χ2v) is 3.26. The molecule has 2 nitrogen and oxygen atoms in total. The quantitative estimate of drug-likeness (QED) is 0.749. The van der Waals surface area contributed by atoms with Crippen molar-refractivity contribution in [3.8, 4) is 0 Å². The number of benzene rings is 1. The fourth-order valence-corrected chi connectivity index (χ4v) is 1.29. The van der Waals surface area contributed by atoms with Gasteiger partial charge < -0.3 is 5.73 Å². The topological polar surface area (TPSA) is 43.1 Å². The van der Waals surface area contributed by atoms with Crippen molar-refractivity contribution in [3.63, 3.8) is 0 Å². The Hall–Kier alpha value is -0.730. The summed E-state index contributed by atoms with van der Waals surface area (Å²) in [6.45, 7) is 1.75. The van der Waals surface area contributed by atoms with Crippen LogP contribution < -0.4 is 5.73 Å².